The van der Waals surface area contributed by atoms with Crippen LogP contribution in [0.2, 0.25) is 0 Å². The number of amides is 3. The Hall–Kier alpha value is -2.70. The summed E-state index contributed by atoms with van der Waals surface area (Å²) in [6, 6.07) is 17.3. The molecule has 1 aliphatic heterocycles. The number of carbonyl (C=O) groups excluding carboxylic acids is 2. The van der Waals surface area contributed by atoms with E-state index in [2.05, 4.69) is 51.6 Å². The number of urea groups is 1. The summed E-state index contributed by atoms with van der Waals surface area (Å²) in [6.07, 6.45) is 0. The number of piperazine rings is 1. The van der Waals surface area contributed by atoms with Crippen LogP contribution in [-0.4, -0.2) is 54.0 Å². The number of hydrogen-bond acceptors (Lipinski definition) is 4. The van der Waals surface area contributed by atoms with E-state index in [1.807, 2.05) is 37.3 Å². The first kappa shape index (κ1) is 21.0. The van der Waals surface area contributed by atoms with Crippen LogP contribution in [0.5, 0.6) is 0 Å². The van der Waals surface area contributed by atoms with Crippen LogP contribution in [0.1, 0.15) is 23.6 Å². The molecule has 3 rings (SSSR count). The smallest absolute Gasteiger partial charge is 0.321 e. The van der Waals surface area contributed by atoms with Gasteiger partial charge in [0.15, 0.2) is 0 Å². The topological polar surface area (TPSA) is 64.7 Å². The first-order valence-electron chi connectivity index (χ1n) is 10.2. The van der Waals surface area contributed by atoms with E-state index in [9.17, 15) is 9.59 Å². The molecule has 0 radical (unpaired) electrons. The van der Waals surface area contributed by atoms with Crippen molar-refractivity contribution in [3.63, 3.8) is 0 Å². The highest BCUT2D eigenvalue weighted by atomic mass is 16.2. The number of imide groups is 1. The van der Waals surface area contributed by atoms with E-state index in [0.717, 1.165) is 38.3 Å². The highest BCUT2D eigenvalue weighted by molar-refractivity contribution is 5.96. The molecule has 1 fully saturated rings. The SMILES string of the molecule is Cc1ccccc1CN1CCN(C(C)C(=O)NC(=O)NCc2ccccc2)CC1. The van der Waals surface area contributed by atoms with E-state index in [0.29, 0.717) is 6.54 Å². The molecule has 6 heteroatoms. The van der Waals surface area contributed by atoms with Gasteiger partial charge in [0, 0.05) is 39.3 Å². The second-order valence-corrected chi connectivity index (χ2v) is 7.57. The van der Waals surface area contributed by atoms with Crippen LogP contribution in [0.3, 0.4) is 0 Å². The monoisotopic (exact) mass is 394 g/mol. The molecule has 0 bridgehead atoms. The number of rotatable bonds is 6. The maximum Gasteiger partial charge on any atom is 0.321 e. The predicted molar refractivity (Wildman–Crippen MR) is 114 cm³/mol. The second-order valence-electron chi connectivity index (χ2n) is 7.57. The largest absolute Gasteiger partial charge is 0.334 e. The van der Waals surface area contributed by atoms with Crippen LogP contribution in [0, 0.1) is 6.92 Å². The average molecular weight is 395 g/mol. The molecule has 2 N–H and O–H groups in total. The lowest BCUT2D eigenvalue weighted by Gasteiger charge is -2.37. The molecule has 1 saturated heterocycles. The molecule has 1 heterocycles. The molecule has 1 aliphatic rings. The Bertz CT molecular complexity index is 817. The van der Waals surface area contributed by atoms with Crippen LogP contribution in [-0.2, 0) is 17.9 Å². The van der Waals surface area contributed by atoms with Crippen molar-refractivity contribution in [2.75, 3.05) is 26.2 Å². The molecule has 0 spiro atoms. The first-order valence-corrected chi connectivity index (χ1v) is 10.2. The van der Waals surface area contributed by atoms with Gasteiger partial charge < -0.3 is 5.32 Å². The fourth-order valence-corrected chi connectivity index (χ4v) is 3.54. The average Bonchev–Trinajstić information content (AvgIpc) is 2.74. The lowest BCUT2D eigenvalue weighted by atomic mass is 10.1. The van der Waals surface area contributed by atoms with Crippen molar-refractivity contribution in [1.82, 2.24) is 20.4 Å². The molecule has 154 valence electrons. The number of hydrogen-bond donors (Lipinski definition) is 2. The first-order chi connectivity index (χ1) is 14.0. The molecule has 1 unspecified atom stereocenters. The van der Waals surface area contributed by atoms with E-state index in [4.69, 9.17) is 0 Å². The Morgan fingerprint density at radius 3 is 2.31 bits per heavy atom. The fraction of sp³-hybridized carbons (Fsp3) is 0.391. The molecule has 0 aliphatic carbocycles. The second kappa shape index (κ2) is 10.2. The highest BCUT2D eigenvalue weighted by Crippen LogP contribution is 2.13. The van der Waals surface area contributed by atoms with Crippen molar-refractivity contribution in [2.45, 2.75) is 33.0 Å². The van der Waals surface area contributed by atoms with Crippen molar-refractivity contribution >= 4 is 11.9 Å². The Morgan fingerprint density at radius 1 is 0.966 bits per heavy atom. The van der Waals surface area contributed by atoms with E-state index in [1.165, 1.54) is 11.1 Å². The zero-order valence-corrected chi connectivity index (χ0v) is 17.2. The summed E-state index contributed by atoms with van der Waals surface area (Å²) in [5, 5.41) is 5.19. The number of carbonyl (C=O) groups is 2. The van der Waals surface area contributed by atoms with Crippen LogP contribution in [0.4, 0.5) is 4.79 Å². The summed E-state index contributed by atoms with van der Waals surface area (Å²) >= 11 is 0. The standard InChI is InChI=1S/C23H30N4O2/c1-18-8-6-7-11-21(18)17-26-12-14-27(15-13-26)19(2)22(28)25-23(29)24-16-20-9-4-3-5-10-20/h3-11,19H,12-17H2,1-2H3,(H2,24,25,28,29). The van der Waals surface area contributed by atoms with E-state index in [-0.39, 0.29) is 11.9 Å². The number of aryl methyl sites for hydroxylation is 1. The molecule has 29 heavy (non-hydrogen) atoms. The molecule has 3 amide bonds. The third kappa shape index (κ3) is 6.14. The molecule has 0 saturated carbocycles. The van der Waals surface area contributed by atoms with Crippen LogP contribution < -0.4 is 10.6 Å². The molecule has 6 nitrogen and oxygen atoms in total. The highest BCUT2D eigenvalue weighted by Gasteiger charge is 2.26. The Morgan fingerprint density at radius 2 is 1.62 bits per heavy atom. The fourth-order valence-electron chi connectivity index (χ4n) is 3.54. The number of nitrogens with one attached hydrogen (secondary N) is 2. The van der Waals surface area contributed by atoms with Crippen LogP contribution >= 0.6 is 0 Å². The van der Waals surface area contributed by atoms with E-state index < -0.39 is 6.03 Å². The van der Waals surface area contributed by atoms with Gasteiger partial charge in [0.05, 0.1) is 6.04 Å². The van der Waals surface area contributed by atoms with Gasteiger partial charge in [-0.3, -0.25) is 19.9 Å². The zero-order valence-electron chi connectivity index (χ0n) is 17.2. The van der Waals surface area contributed by atoms with Gasteiger partial charge in [-0.1, -0.05) is 54.6 Å². The van der Waals surface area contributed by atoms with Gasteiger partial charge in [0.1, 0.15) is 0 Å². The zero-order chi connectivity index (χ0) is 20.6. The Labute approximate surface area is 172 Å². The molecule has 0 aromatic heterocycles. The Balaban J connectivity index is 1.41. The predicted octanol–water partition coefficient (Wildman–Crippen LogP) is 2.53. The number of benzene rings is 2. The maximum atomic E-state index is 12.5. The van der Waals surface area contributed by atoms with E-state index >= 15 is 0 Å². The third-order valence-corrected chi connectivity index (χ3v) is 5.52. The van der Waals surface area contributed by atoms with E-state index in [1.54, 1.807) is 0 Å². The summed E-state index contributed by atoms with van der Waals surface area (Å²) in [5.74, 6) is -0.261. The lowest BCUT2D eigenvalue weighted by Crippen LogP contribution is -2.55. The van der Waals surface area contributed by atoms with Gasteiger partial charge >= 0.3 is 6.03 Å². The van der Waals surface area contributed by atoms with Crippen molar-refractivity contribution in [3.8, 4) is 0 Å². The van der Waals surface area contributed by atoms with Crippen molar-refractivity contribution in [1.29, 1.82) is 0 Å². The summed E-state index contributed by atoms with van der Waals surface area (Å²) in [6.45, 7) is 8.77. The quantitative estimate of drug-likeness (QED) is 0.790. The summed E-state index contributed by atoms with van der Waals surface area (Å²) < 4.78 is 0. The van der Waals surface area contributed by atoms with Gasteiger partial charge in [-0.15, -0.1) is 0 Å². The van der Waals surface area contributed by atoms with Gasteiger partial charge in [-0.25, -0.2) is 4.79 Å². The van der Waals surface area contributed by atoms with Gasteiger partial charge in [0.2, 0.25) is 5.91 Å². The molecule has 2 aromatic carbocycles. The normalized spacial score (nSPS) is 16.2. The van der Waals surface area contributed by atoms with Crippen molar-refractivity contribution in [2.24, 2.45) is 0 Å². The molecule has 1 atom stereocenters. The molecular formula is C23H30N4O2. The van der Waals surface area contributed by atoms with Gasteiger partial charge in [0.25, 0.3) is 0 Å². The summed E-state index contributed by atoms with van der Waals surface area (Å²) in [4.78, 5) is 29.0. The van der Waals surface area contributed by atoms with Crippen molar-refractivity contribution in [3.05, 3.63) is 71.3 Å². The maximum absolute atomic E-state index is 12.5. The number of nitrogens with zero attached hydrogens (tertiary/aromatic N) is 2. The Kier molecular flexibility index (Phi) is 7.38. The van der Waals surface area contributed by atoms with Gasteiger partial charge in [-0.2, -0.15) is 0 Å². The van der Waals surface area contributed by atoms with Gasteiger partial charge in [-0.05, 0) is 30.5 Å². The minimum Gasteiger partial charge on any atom is -0.334 e. The molecular weight excluding hydrogens is 364 g/mol. The van der Waals surface area contributed by atoms with Crippen LogP contribution in [0.25, 0.3) is 0 Å². The summed E-state index contributed by atoms with van der Waals surface area (Å²) in [7, 11) is 0. The molecule has 2 aromatic rings. The minimum absolute atomic E-state index is 0.261. The minimum atomic E-state index is -0.455. The third-order valence-electron chi connectivity index (χ3n) is 5.52. The summed E-state index contributed by atoms with van der Waals surface area (Å²) in [5.41, 5.74) is 3.65. The van der Waals surface area contributed by atoms with Crippen LogP contribution in [0.15, 0.2) is 54.6 Å². The lowest BCUT2D eigenvalue weighted by molar-refractivity contribution is -0.125. The van der Waals surface area contributed by atoms with Crippen molar-refractivity contribution < 1.29 is 9.59 Å².